The summed E-state index contributed by atoms with van der Waals surface area (Å²) in [7, 11) is 1.79. The summed E-state index contributed by atoms with van der Waals surface area (Å²) in [5, 5.41) is 9.06. The monoisotopic (exact) mass is 443 g/mol. The van der Waals surface area contributed by atoms with Crippen LogP contribution in [0.4, 0.5) is 0 Å². The molecular weight excluding hydrogens is 417 g/mol. The van der Waals surface area contributed by atoms with Gasteiger partial charge in [0.15, 0.2) is 0 Å². The summed E-state index contributed by atoms with van der Waals surface area (Å²) in [5.74, 6) is 2.80. The van der Waals surface area contributed by atoms with Crippen LogP contribution in [0.25, 0.3) is 0 Å². The molecule has 4 nitrogen and oxygen atoms in total. The summed E-state index contributed by atoms with van der Waals surface area (Å²) in [6.07, 6.45) is 9.72. The number of nitrogens with zero attached hydrogens (tertiary/aromatic N) is 1. The van der Waals surface area contributed by atoms with Crippen molar-refractivity contribution in [2.45, 2.75) is 43.9 Å². The average Bonchev–Trinajstić information content (AvgIpc) is 2.67. The van der Waals surface area contributed by atoms with Gasteiger partial charge in [0.2, 0.25) is 0 Å². The zero-order chi connectivity index (χ0) is 19.3. The number of aromatic carboxylic acids is 1. The Morgan fingerprint density at radius 2 is 1.79 bits per heavy atom. The maximum absolute atomic E-state index is 11.0. The molecular formula is C23H25NO3Se. The molecule has 4 fully saturated rings. The molecule has 0 saturated heterocycles. The fourth-order valence-electron chi connectivity index (χ4n) is 6.29. The van der Waals surface area contributed by atoms with Crippen molar-refractivity contribution in [3.8, 4) is 5.75 Å². The molecule has 0 atom stereocenters. The van der Waals surface area contributed by atoms with E-state index in [4.69, 9.17) is 9.84 Å². The van der Waals surface area contributed by atoms with E-state index < -0.39 is 5.97 Å². The SMILES string of the molecule is COc1ccc([Se]c2ccc(C(=O)O)cn2)cc1C12CC3CC(CC(C3)C1)C2. The molecule has 4 aliphatic rings. The molecule has 2 aromatic rings. The first-order valence-electron chi connectivity index (χ1n) is 10.1. The minimum absolute atomic E-state index is 0.0559. The molecule has 5 heteroatoms. The van der Waals surface area contributed by atoms with Gasteiger partial charge in [-0.2, -0.15) is 0 Å². The maximum atomic E-state index is 11.0. The molecule has 1 heterocycles. The molecule has 1 aromatic carbocycles. The third kappa shape index (κ3) is 3.15. The van der Waals surface area contributed by atoms with E-state index in [0.29, 0.717) is 5.41 Å². The molecule has 146 valence electrons. The van der Waals surface area contributed by atoms with E-state index in [1.807, 2.05) is 6.07 Å². The van der Waals surface area contributed by atoms with Crippen LogP contribution < -0.4 is 13.8 Å². The first-order chi connectivity index (χ1) is 13.5. The van der Waals surface area contributed by atoms with Crippen molar-refractivity contribution in [1.82, 2.24) is 4.98 Å². The van der Waals surface area contributed by atoms with Crippen molar-refractivity contribution in [3.63, 3.8) is 0 Å². The van der Waals surface area contributed by atoms with E-state index in [2.05, 4.69) is 23.2 Å². The Morgan fingerprint density at radius 3 is 2.32 bits per heavy atom. The third-order valence-electron chi connectivity index (χ3n) is 6.99. The molecule has 0 amide bonds. The van der Waals surface area contributed by atoms with Gasteiger partial charge in [0.1, 0.15) is 0 Å². The van der Waals surface area contributed by atoms with Gasteiger partial charge in [-0.15, -0.1) is 0 Å². The van der Waals surface area contributed by atoms with Crippen LogP contribution in [0, 0.1) is 17.8 Å². The number of ether oxygens (including phenoxy) is 1. The van der Waals surface area contributed by atoms with Gasteiger partial charge < -0.3 is 0 Å². The van der Waals surface area contributed by atoms with E-state index >= 15 is 0 Å². The fourth-order valence-corrected chi connectivity index (χ4v) is 7.96. The number of methoxy groups -OCH3 is 1. The Hall–Kier alpha value is -1.84. The van der Waals surface area contributed by atoms with Crippen molar-refractivity contribution in [3.05, 3.63) is 47.7 Å². The zero-order valence-corrected chi connectivity index (χ0v) is 17.8. The molecule has 1 aromatic heterocycles. The van der Waals surface area contributed by atoms with Crippen LogP contribution in [0.5, 0.6) is 5.75 Å². The van der Waals surface area contributed by atoms with E-state index in [-0.39, 0.29) is 20.5 Å². The molecule has 0 unspecified atom stereocenters. The molecule has 6 rings (SSSR count). The molecule has 4 saturated carbocycles. The molecule has 4 bridgehead atoms. The normalized spacial score (nSPS) is 30.4. The Labute approximate surface area is 171 Å². The second-order valence-electron chi connectivity index (χ2n) is 8.85. The van der Waals surface area contributed by atoms with Gasteiger partial charge in [0.25, 0.3) is 0 Å². The first-order valence-corrected chi connectivity index (χ1v) is 11.8. The number of aromatic nitrogens is 1. The van der Waals surface area contributed by atoms with Gasteiger partial charge >= 0.3 is 172 Å². The Kier molecular flexibility index (Phi) is 4.48. The summed E-state index contributed by atoms with van der Waals surface area (Å²) >= 11 is 0.0559. The van der Waals surface area contributed by atoms with Gasteiger partial charge in [-0.05, 0) is 0 Å². The van der Waals surface area contributed by atoms with Crippen molar-refractivity contribution in [2.24, 2.45) is 17.8 Å². The Bertz CT molecular complexity index is 873. The van der Waals surface area contributed by atoms with Crippen LogP contribution in [0.1, 0.15) is 54.4 Å². The second kappa shape index (κ2) is 6.89. The van der Waals surface area contributed by atoms with E-state index in [9.17, 15) is 4.79 Å². The Balaban J connectivity index is 1.46. The molecule has 1 N–H and O–H groups in total. The van der Waals surface area contributed by atoms with E-state index in [1.165, 1.54) is 54.7 Å². The standard InChI is InChI=1S/C23H25NO3Se/c1-27-20-4-3-18(28-21-5-2-17(13-24-21)22(25)26)9-19(20)23-10-14-6-15(11-23)8-16(7-14)12-23/h2-5,9,13-16H,6-8,10-12H2,1H3,(H,25,26). The second-order valence-corrected chi connectivity index (χ2v) is 11.1. The van der Waals surface area contributed by atoms with Gasteiger partial charge in [-0.1, -0.05) is 0 Å². The average molecular weight is 442 g/mol. The van der Waals surface area contributed by atoms with Gasteiger partial charge in [-0.3, -0.25) is 0 Å². The number of hydrogen-bond donors (Lipinski definition) is 1. The zero-order valence-electron chi connectivity index (χ0n) is 16.1. The minimum atomic E-state index is -0.930. The summed E-state index contributed by atoms with van der Waals surface area (Å²) in [5.41, 5.74) is 1.95. The number of carboxylic acids is 1. The summed E-state index contributed by atoms with van der Waals surface area (Å²) in [4.78, 5) is 15.4. The fraction of sp³-hybridized carbons (Fsp3) is 0.478. The Morgan fingerprint density at radius 1 is 1.11 bits per heavy atom. The van der Waals surface area contributed by atoms with Crippen molar-refractivity contribution < 1.29 is 14.6 Å². The van der Waals surface area contributed by atoms with Crippen LogP contribution in [0.2, 0.25) is 0 Å². The first kappa shape index (κ1) is 18.2. The number of benzene rings is 1. The summed E-state index contributed by atoms with van der Waals surface area (Å²) < 4.78 is 8.05. The van der Waals surface area contributed by atoms with Gasteiger partial charge in [0.05, 0.1) is 0 Å². The predicted octanol–water partition coefficient (Wildman–Crippen LogP) is 2.91. The summed E-state index contributed by atoms with van der Waals surface area (Å²) in [6.45, 7) is 0. The topological polar surface area (TPSA) is 59.4 Å². The van der Waals surface area contributed by atoms with E-state index in [0.717, 1.165) is 28.1 Å². The molecule has 0 aliphatic heterocycles. The van der Waals surface area contributed by atoms with Crippen LogP contribution in [0.3, 0.4) is 0 Å². The molecule has 4 aliphatic carbocycles. The van der Waals surface area contributed by atoms with Crippen LogP contribution in [-0.2, 0) is 5.41 Å². The quantitative estimate of drug-likeness (QED) is 0.724. The molecule has 0 spiro atoms. The van der Waals surface area contributed by atoms with Crippen molar-refractivity contribution in [1.29, 1.82) is 0 Å². The number of carbonyl (C=O) groups is 1. The van der Waals surface area contributed by atoms with Crippen LogP contribution in [0.15, 0.2) is 36.5 Å². The molecule has 28 heavy (non-hydrogen) atoms. The predicted molar refractivity (Wildman–Crippen MR) is 109 cm³/mol. The third-order valence-corrected chi connectivity index (χ3v) is 8.96. The van der Waals surface area contributed by atoms with Crippen LogP contribution >= 0.6 is 0 Å². The van der Waals surface area contributed by atoms with Crippen molar-refractivity contribution >= 4 is 30.0 Å². The van der Waals surface area contributed by atoms with Gasteiger partial charge in [-0.25, -0.2) is 0 Å². The van der Waals surface area contributed by atoms with Gasteiger partial charge in [0, 0.05) is 0 Å². The number of pyridine rings is 1. The number of carboxylic acid groups (broad SMARTS) is 1. The van der Waals surface area contributed by atoms with Crippen molar-refractivity contribution in [2.75, 3.05) is 7.11 Å². The number of rotatable bonds is 5. The van der Waals surface area contributed by atoms with E-state index in [1.54, 1.807) is 13.2 Å². The summed E-state index contributed by atoms with van der Waals surface area (Å²) in [6, 6.07) is 10.2. The molecule has 0 radical (unpaired) electrons. The van der Waals surface area contributed by atoms with Crippen LogP contribution in [-0.4, -0.2) is 38.1 Å². The number of hydrogen-bond acceptors (Lipinski definition) is 3.